The summed E-state index contributed by atoms with van der Waals surface area (Å²) in [6.45, 7) is 0. The Morgan fingerprint density at radius 1 is 1.24 bits per heavy atom. The Morgan fingerprint density at radius 3 is 2.67 bits per heavy atom. The molecule has 0 unspecified atom stereocenters. The number of carbonyl (C=O) groups excluding carboxylic acids is 1. The molecule has 0 aliphatic rings. The third kappa shape index (κ3) is 3.56. The SMILES string of the molecule is O=C(O)/C(O)=C/C(=O)c1cc[nH]c1Cc1cccc(F)c1. The Balaban J connectivity index is 2.25. The number of allylic oxidation sites excluding steroid dienone is 1. The van der Waals surface area contributed by atoms with Gasteiger partial charge in [0.15, 0.2) is 5.78 Å². The summed E-state index contributed by atoms with van der Waals surface area (Å²) >= 11 is 0. The van der Waals surface area contributed by atoms with E-state index < -0.39 is 17.5 Å². The molecule has 108 valence electrons. The van der Waals surface area contributed by atoms with Gasteiger partial charge in [-0.05, 0) is 23.8 Å². The topological polar surface area (TPSA) is 90.4 Å². The van der Waals surface area contributed by atoms with Crippen LogP contribution in [0, 0.1) is 5.82 Å². The van der Waals surface area contributed by atoms with Gasteiger partial charge < -0.3 is 15.2 Å². The summed E-state index contributed by atoms with van der Waals surface area (Å²) in [6, 6.07) is 7.41. The lowest BCUT2D eigenvalue weighted by Gasteiger charge is -2.03. The molecule has 2 aromatic rings. The summed E-state index contributed by atoms with van der Waals surface area (Å²) in [5, 5.41) is 17.6. The van der Waals surface area contributed by atoms with Crippen LogP contribution in [0.1, 0.15) is 21.6 Å². The smallest absolute Gasteiger partial charge is 0.371 e. The summed E-state index contributed by atoms with van der Waals surface area (Å²) in [4.78, 5) is 25.3. The molecule has 0 amide bonds. The van der Waals surface area contributed by atoms with E-state index in [2.05, 4.69) is 4.98 Å². The number of nitrogens with one attached hydrogen (secondary N) is 1. The monoisotopic (exact) mass is 289 g/mol. The number of halogens is 1. The van der Waals surface area contributed by atoms with Gasteiger partial charge in [0.2, 0.25) is 5.76 Å². The second kappa shape index (κ2) is 6.04. The highest BCUT2D eigenvalue weighted by Gasteiger charge is 2.14. The summed E-state index contributed by atoms with van der Waals surface area (Å²) in [5.74, 6) is -3.62. The maximum Gasteiger partial charge on any atom is 0.371 e. The molecule has 0 saturated carbocycles. The van der Waals surface area contributed by atoms with Crippen molar-refractivity contribution in [2.75, 3.05) is 0 Å². The number of aromatic nitrogens is 1. The van der Waals surface area contributed by atoms with Gasteiger partial charge in [0.05, 0.1) is 0 Å². The second-order valence-electron chi connectivity index (χ2n) is 4.38. The Bertz CT molecular complexity index is 718. The molecule has 0 atom stereocenters. The molecule has 2 rings (SSSR count). The first-order valence-corrected chi connectivity index (χ1v) is 6.06. The highest BCUT2D eigenvalue weighted by atomic mass is 19.1. The molecule has 6 heteroatoms. The summed E-state index contributed by atoms with van der Waals surface area (Å²) < 4.78 is 13.1. The Morgan fingerprint density at radius 2 is 2.00 bits per heavy atom. The van der Waals surface area contributed by atoms with Crippen LogP contribution < -0.4 is 0 Å². The molecular formula is C15H12FNO4. The van der Waals surface area contributed by atoms with Gasteiger partial charge in [0, 0.05) is 30.0 Å². The third-order valence-electron chi connectivity index (χ3n) is 2.86. The van der Waals surface area contributed by atoms with E-state index in [4.69, 9.17) is 10.2 Å². The number of aromatic amines is 1. The molecule has 5 nitrogen and oxygen atoms in total. The van der Waals surface area contributed by atoms with E-state index in [0.29, 0.717) is 17.3 Å². The molecule has 1 aromatic carbocycles. The quantitative estimate of drug-likeness (QED) is 0.448. The number of hydrogen-bond acceptors (Lipinski definition) is 3. The van der Waals surface area contributed by atoms with Crippen LogP contribution in [0.15, 0.2) is 48.4 Å². The zero-order valence-corrected chi connectivity index (χ0v) is 10.8. The fourth-order valence-electron chi connectivity index (χ4n) is 1.90. The first-order chi connectivity index (χ1) is 9.97. The predicted molar refractivity (Wildman–Crippen MR) is 72.7 cm³/mol. The lowest BCUT2D eigenvalue weighted by molar-refractivity contribution is -0.135. The summed E-state index contributed by atoms with van der Waals surface area (Å²) in [7, 11) is 0. The van der Waals surface area contributed by atoms with Crippen molar-refractivity contribution in [3.05, 3.63) is 71.0 Å². The first kappa shape index (κ1) is 14.5. The molecule has 1 heterocycles. The number of aliphatic carboxylic acids is 1. The van der Waals surface area contributed by atoms with Crippen LogP contribution in [0.25, 0.3) is 0 Å². The lowest BCUT2D eigenvalue weighted by atomic mass is 10.0. The third-order valence-corrected chi connectivity index (χ3v) is 2.86. The molecule has 21 heavy (non-hydrogen) atoms. The molecule has 0 spiro atoms. The van der Waals surface area contributed by atoms with Crippen LogP contribution in [-0.2, 0) is 11.2 Å². The van der Waals surface area contributed by atoms with Crippen LogP contribution >= 0.6 is 0 Å². The minimum atomic E-state index is -1.58. The summed E-state index contributed by atoms with van der Waals surface area (Å²) in [6.07, 6.45) is 2.45. The minimum Gasteiger partial charge on any atom is -0.502 e. The van der Waals surface area contributed by atoms with Crippen LogP contribution in [0.3, 0.4) is 0 Å². The van der Waals surface area contributed by atoms with Crippen LogP contribution in [0.4, 0.5) is 4.39 Å². The summed E-state index contributed by atoms with van der Waals surface area (Å²) in [5.41, 5.74) is 1.41. The number of aliphatic hydroxyl groups excluding tert-OH is 1. The zero-order valence-electron chi connectivity index (χ0n) is 10.8. The number of benzene rings is 1. The number of ketones is 1. The Kier molecular flexibility index (Phi) is 4.18. The van der Waals surface area contributed by atoms with Crippen molar-refractivity contribution in [3.8, 4) is 0 Å². The van der Waals surface area contributed by atoms with Crippen molar-refractivity contribution in [1.29, 1.82) is 0 Å². The number of rotatable bonds is 5. The Labute approximate surface area is 119 Å². The van der Waals surface area contributed by atoms with E-state index >= 15 is 0 Å². The van der Waals surface area contributed by atoms with Gasteiger partial charge in [-0.3, -0.25) is 4.79 Å². The van der Waals surface area contributed by atoms with E-state index in [9.17, 15) is 14.0 Å². The molecule has 0 fully saturated rings. The number of hydrogen-bond donors (Lipinski definition) is 3. The van der Waals surface area contributed by atoms with Crippen molar-refractivity contribution in [3.63, 3.8) is 0 Å². The predicted octanol–water partition coefficient (Wildman–Crippen LogP) is 2.45. The van der Waals surface area contributed by atoms with Crippen LogP contribution in [0.2, 0.25) is 0 Å². The average Bonchev–Trinajstić information content (AvgIpc) is 2.86. The van der Waals surface area contributed by atoms with Gasteiger partial charge in [-0.15, -0.1) is 0 Å². The van der Waals surface area contributed by atoms with Gasteiger partial charge in [-0.25, -0.2) is 9.18 Å². The van der Waals surface area contributed by atoms with E-state index in [1.165, 1.54) is 24.4 Å². The number of aliphatic hydroxyl groups is 1. The van der Waals surface area contributed by atoms with Crippen LogP contribution in [0.5, 0.6) is 0 Å². The minimum absolute atomic E-state index is 0.229. The molecule has 0 bridgehead atoms. The van der Waals surface area contributed by atoms with Crippen molar-refractivity contribution < 1.29 is 24.2 Å². The molecule has 0 radical (unpaired) electrons. The number of carboxylic acids is 1. The fraction of sp³-hybridized carbons (Fsp3) is 0.0667. The largest absolute Gasteiger partial charge is 0.502 e. The number of carboxylic acid groups (broad SMARTS) is 1. The van der Waals surface area contributed by atoms with E-state index in [1.807, 2.05) is 0 Å². The number of carbonyl (C=O) groups is 2. The van der Waals surface area contributed by atoms with E-state index in [-0.39, 0.29) is 17.8 Å². The van der Waals surface area contributed by atoms with Crippen molar-refractivity contribution in [1.82, 2.24) is 4.98 Å². The second-order valence-corrected chi connectivity index (χ2v) is 4.38. The maximum atomic E-state index is 13.1. The van der Waals surface area contributed by atoms with E-state index in [1.54, 1.807) is 12.1 Å². The highest BCUT2D eigenvalue weighted by molar-refractivity contribution is 6.08. The molecule has 0 saturated heterocycles. The number of H-pyrrole nitrogens is 1. The first-order valence-electron chi connectivity index (χ1n) is 6.06. The normalized spacial score (nSPS) is 11.4. The standard InChI is InChI=1S/C15H12FNO4/c16-10-3-1-2-9(6-10)7-12-11(4-5-17-12)13(18)8-14(19)15(20)21/h1-6,8,17,19H,7H2,(H,20,21)/b14-8-. The highest BCUT2D eigenvalue weighted by Crippen LogP contribution is 2.15. The van der Waals surface area contributed by atoms with Gasteiger partial charge in [0.1, 0.15) is 5.82 Å². The molecule has 0 aliphatic carbocycles. The lowest BCUT2D eigenvalue weighted by Crippen LogP contribution is -2.05. The molecule has 3 N–H and O–H groups in total. The maximum absolute atomic E-state index is 13.1. The zero-order chi connectivity index (χ0) is 15.4. The van der Waals surface area contributed by atoms with E-state index in [0.717, 1.165) is 0 Å². The van der Waals surface area contributed by atoms with Gasteiger partial charge in [-0.2, -0.15) is 0 Å². The van der Waals surface area contributed by atoms with Crippen molar-refractivity contribution in [2.45, 2.75) is 6.42 Å². The van der Waals surface area contributed by atoms with Crippen LogP contribution in [-0.4, -0.2) is 26.9 Å². The molecule has 1 aromatic heterocycles. The van der Waals surface area contributed by atoms with Gasteiger partial charge in [0.25, 0.3) is 0 Å². The fourth-order valence-corrected chi connectivity index (χ4v) is 1.90. The van der Waals surface area contributed by atoms with Crippen molar-refractivity contribution >= 4 is 11.8 Å². The van der Waals surface area contributed by atoms with Gasteiger partial charge in [-0.1, -0.05) is 12.1 Å². The Hall–Kier alpha value is -2.89. The van der Waals surface area contributed by atoms with Gasteiger partial charge >= 0.3 is 5.97 Å². The average molecular weight is 289 g/mol. The molecular weight excluding hydrogens is 277 g/mol. The molecule has 0 aliphatic heterocycles. The van der Waals surface area contributed by atoms with Crippen molar-refractivity contribution in [2.24, 2.45) is 0 Å².